The van der Waals surface area contributed by atoms with Gasteiger partial charge in [-0.2, -0.15) is 9.61 Å². The molecule has 0 radical (unpaired) electrons. The van der Waals surface area contributed by atoms with Crippen molar-refractivity contribution >= 4 is 17.4 Å². The quantitative estimate of drug-likeness (QED) is 0.743. The van der Waals surface area contributed by atoms with Crippen molar-refractivity contribution < 1.29 is 4.79 Å². The fourth-order valence-corrected chi connectivity index (χ4v) is 5.08. The molecule has 1 amide bonds. The Morgan fingerprint density at radius 1 is 1.10 bits per heavy atom. The number of hydrogen-bond donors (Lipinski definition) is 0. The molecule has 8 nitrogen and oxygen atoms in total. The first-order valence-corrected chi connectivity index (χ1v) is 11.4. The van der Waals surface area contributed by atoms with E-state index < -0.39 is 0 Å². The standard InChI is InChI=1S/C22H33N7O/c1-3-26-9-4-10-27(14-13-26)22(30)17-15-28(16-17)21-18-6-11-25(2)12-7-19(18)24-20-5-8-23-29(20)21/h5,8,17H,3-4,6-7,9-16H2,1-2H3. The van der Waals surface area contributed by atoms with Gasteiger partial charge in [0.2, 0.25) is 5.91 Å². The highest BCUT2D eigenvalue weighted by Gasteiger charge is 2.38. The number of amides is 1. The summed E-state index contributed by atoms with van der Waals surface area (Å²) in [6.45, 7) is 10.8. The number of rotatable bonds is 3. The second kappa shape index (κ2) is 8.15. The Balaban J connectivity index is 1.33. The fourth-order valence-electron chi connectivity index (χ4n) is 5.08. The molecule has 0 saturated carbocycles. The summed E-state index contributed by atoms with van der Waals surface area (Å²) < 4.78 is 1.98. The van der Waals surface area contributed by atoms with Crippen LogP contribution in [0.15, 0.2) is 12.3 Å². The summed E-state index contributed by atoms with van der Waals surface area (Å²) in [6, 6.07) is 1.98. The van der Waals surface area contributed by atoms with Crippen molar-refractivity contribution in [2.24, 2.45) is 5.92 Å². The minimum atomic E-state index is 0.0982. The van der Waals surface area contributed by atoms with E-state index >= 15 is 0 Å². The van der Waals surface area contributed by atoms with Gasteiger partial charge in [0.25, 0.3) is 0 Å². The first-order valence-electron chi connectivity index (χ1n) is 11.4. The van der Waals surface area contributed by atoms with E-state index in [4.69, 9.17) is 4.98 Å². The highest BCUT2D eigenvalue weighted by atomic mass is 16.2. The van der Waals surface area contributed by atoms with Gasteiger partial charge >= 0.3 is 0 Å². The summed E-state index contributed by atoms with van der Waals surface area (Å²) in [6.07, 6.45) is 4.86. The second-order valence-electron chi connectivity index (χ2n) is 8.98. The zero-order valence-electron chi connectivity index (χ0n) is 18.3. The molecule has 30 heavy (non-hydrogen) atoms. The predicted octanol–water partition coefficient (Wildman–Crippen LogP) is 0.750. The van der Waals surface area contributed by atoms with Crippen molar-refractivity contribution in [2.45, 2.75) is 26.2 Å². The van der Waals surface area contributed by atoms with Crippen LogP contribution in [-0.2, 0) is 17.6 Å². The van der Waals surface area contributed by atoms with Gasteiger partial charge in [0.05, 0.1) is 17.8 Å². The van der Waals surface area contributed by atoms with Gasteiger partial charge in [-0.3, -0.25) is 4.79 Å². The van der Waals surface area contributed by atoms with Crippen molar-refractivity contribution in [3.8, 4) is 0 Å². The monoisotopic (exact) mass is 411 g/mol. The maximum absolute atomic E-state index is 13.1. The maximum atomic E-state index is 13.1. The normalized spacial score (nSPS) is 21.9. The lowest BCUT2D eigenvalue weighted by Gasteiger charge is -2.42. The van der Waals surface area contributed by atoms with E-state index in [1.807, 2.05) is 16.8 Å². The van der Waals surface area contributed by atoms with E-state index in [1.54, 1.807) is 0 Å². The average molecular weight is 412 g/mol. The number of nitrogens with zero attached hydrogens (tertiary/aromatic N) is 7. The molecule has 5 heterocycles. The molecular weight excluding hydrogens is 378 g/mol. The smallest absolute Gasteiger partial charge is 0.229 e. The van der Waals surface area contributed by atoms with Crippen molar-refractivity contribution in [1.82, 2.24) is 29.3 Å². The number of fused-ring (bicyclic) bond motifs is 2. The van der Waals surface area contributed by atoms with E-state index in [0.717, 1.165) is 89.6 Å². The molecule has 0 unspecified atom stereocenters. The number of carbonyl (C=O) groups is 1. The van der Waals surface area contributed by atoms with E-state index in [9.17, 15) is 4.79 Å². The molecule has 162 valence electrons. The van der Waals surface area contributed by atoms with E-state index in [0.29, 0.717) is 5.91 Å². The Labute approximate surface area is 178 Å². The zero-order valence-corrected chi connectivity index (χ0v) is 18.3. The molecule has 8 heteroatoms. The molecule has 0 atom stereocenters. The Morgan fingerprint density at radius 3 is 2.77 bits per heavy atom. The molecule has 3 aliphatic heterocycles. The van der Waals surface area contributed by atoms with Crippen LogP contribution in [0.25, 0.3) is 5.65 Å². The van der Waals surface area contributed by atoms with E-state index in [2.05, 4.69) is 38.7 Å². The third-order valence-electron chi connectivity index (χ3n) is 7.04. The highest BCUT2D eigenvalue weighted by Crippen LogP contribution is 2.32. The largest absolute Gasteiger partial charge is 0.354 e. The summed E-state index contributed by atoms with van der Waals surface area (Å²) in [5.41, 5.74) is 3.43. The van der Waals surface area contributed by atoms with Crippen LogP contribution in [0.4, 0.5) is 5.82 Å². The van der Waals surface area contributed by atoms with Gasteiger partial charge in [0.1, 0.15) is 5.82 Å². The van der Waals surface area contributed by atoms with Gasteiger partial charge in [0, 0.05) is 63.9 Å². The third-order valence-corrected chi connectivity index (χ3v) is 7.04. The molecule has 2 aromatic rings. The lowest BCUT2D eigenvalue weighted by Crippen LogP contribution is -2.56. The molecule has 0 bridgehead atoms. The summed E-state index contributed by atoms with van der Waals surface area (Å²) in [7, 11) is 2.18. The molecule has 2 saturated heterocycles. The van der Waals surface area contributed by atoms with Gasteiger partial charge < -0.3 is 19.6 Å². The average Bonchev–Trinajstić information content (AvgIpc) is 2.93. The first kappa shape index (κ1) is 19.8. The fraction of sp³-hybridized carbons (Fsp3) is 0.682. The van der Waals surface area contributed by atoms with Crippen LogP contribution in [0, 0.1) is 5.92 Å². The van der Waals surface area contributed by atoms with Crippen molar-refractivity contribution in [2.75, 3.05) is 70.9 Å². The van der Waals surface area contributed by atoms with Gasteiger partial charge in [-0.05, 0) is 33.0 Å². The molecule has 0 aromatic carbocycles. The van der Waals surface area contributed by atoms with Crippen LogP contribution in [0.1, 0.15) is 24.6 Å². The van der Waals surface area contributed by atoms with Crippen LogP contribution in [0.3, 0.4) is 0 Å². The molecule has 0 spiro atoms. The van der Waals surface area contributed by atoms with Crippen LogP contribution >= 0.6 is 0 Å². The molecule has 0 N–H and O–H groups in total. The zero-order chi connectivity index (χ0) is 20.7. The van der Waals surface area contributed by atoms with Crippen LogP contribution in [0.5, 0.6) is 0 Å². The van der Waals surface area contributed by atoms with E-state index in [-0.39, 0.29) is 5.92 Å². The number of anilines is 1. The molecule has 3 aliphatic rings. The number of carbonyl (C=O) groups excluding carboxylic acids is 1. The van der Waals surface area contributed by atoms with Crippen LogP contribution in [-0.4, -0.2) is 101 Å². The number of likely N-dealkylation sites (N-methyl/N-ethyl adjacent to an activating group) is 2. The number of hydrogen-bond acceptors (Lipinski definition) is 6. The molecule has 5 rings (SSSR count). The lowest BCUT2D eigenvalue weighted by molar-refractivity contribution is -0.136. The van der Waals surface area contributed by atoms with Gasteiger partial charge in [0.15, 0.2) is 5.65 Å². The predicted molar refractivity (Wildman–Crippen MR) is 117 cm³/mol. The Kier molecular flexibility index (Phi) is 5.37. The van der Waals surface area contributed by atoms with Crippen LogP contribution in [0.2, 0.25) is 0 Å². The van der Waals surface area contributed by atoms with Crippen molar-refractivity contribution in [1.29, 1.82) is 0 Å². The minimum Gasteiger partial charge on any atom is -0.354 e. The molecular formula is C22H33N7O. The van der Waals surface area contributed by atoms with E-state index in [1.165, 1.54) is 11.3 Å². The summed E-state index contributed by atoms with van der Waals surface area (Å²) in [4.78, 5) is 27.3. The highest BCUT2D eigenvalue weighted by molar-refractivity contribution is 5.82. The molecule has 2 fully saturated rings. The Morgan fingerprint density at radius 2 is 1.93 bits per heavy atom. The Hall–Kier alpha value is -2.19. The van der Waals surface area contributed by atoms with Gasteiger partial charge in [-0.15, -0.1) is 0 Å². The molecule has 2 aromatic heterocycles. The van der Waals surface area contributed by atoms with Crippen molar-refractivity contribution in [3.05, 3.63) is 23.5 Å². The second-order valence-corrected chi connectivity index (χ2v) is 8.98. The Bertz CT molecular complexity index is 920. The maximum Gasteiger partial charge on any atom is 0.229 e. The SMILES string of the molecule is CCN1CCCN(C(=O)C2CN(c3c4c(nc5ccnn35)CCN(C)CC4)C2)CC1. The topological polar surface area (TPSA) is 60.2 Å². The van der Waals surface area contributed by atoms with Gasteiger partial charge in [-0.25, -0.2) is 4.98 Å². The van der Waals surface area contributed by atoms with Crippen LogP contribution < -0.4 is 4.90 Å². The van der Waals surface area contributed by atoms with Crippen molar-refractivity contribution in [3.63, 3.8) is 0 Å². The minimum absolute atomic E-state index is 0.0982. The summed E-state index contributed by atoms with van der Waals surface area (Å²) >= 11 is 0. The first-order chi connectivity index (χ1) is 14.6. The summed E-state index contributed by atoms with van der Waals surface area (Å²) in [5.74, 6) is 1.59. The lowest BCUT2D eigenvalue weighted by atomic mass is 9.96. The van der Waals surface area contributed by atoms with Gasteiger partial charge in [-0.1, -0.05) is 6.92 Å². The molecule has 0 aliphatic carbocycles. The number of aromatic nitrogens is 3. The summed E-state index contributed by atoms with van der Waals surface area (Å²) in [5, 5.41) is 4.57. The third kappa shape index (κ3) is 3.56.